The first kappa shape index (κ1) is 13.4. The van der Waals surface area contributed by atoms with Crippen molar-refractivity contribution >= 4 is 0 Å². The molecule has 0 heterocycles. The molecule has 0 spiro atoms. The van der Waals surface area contributed by atoms with Gasteiger partial charge in [0.15, 0.2) is 0 Å². The summed E-state index contributed by atoms with van der Waals surface area (Å²) in [5.41, 5.74) is -0.333. The molecule has 0 amide bonds. The molecule has 0 saturated heterocycles. The molecule has 5 atom stereocenters. The van der Waals surface area contributed by atoms with Gasteiger partial charge in [0.05, 0.1) is 5.60 Å². The fourth-order valence-electron chi connectivity index (χ4n) is 4.37. The predicted octanol–water partition coefficient (Wildman–Crippen LogP) is 4.39. The SMILES string of the molecule is CCC1CCCC(C2(O)CCC(C)CC2C)C1. The van der Waals surface area contributed by atoms with E-state index in [1.54, 1.807) is 0 Å². The van der Waals surface area contributed by atoms with Crippen molar-refractivity contribution in [1.29, 1.82) is 0 Å². The van der Waals surface area contributed by atoms with Gasteiger partial charge in [0, 0.05) is 0 Å². The molecule has 2 fully saturated rings. The van der Waals surface area contributed by atoms with Crippen LogP contribution in [0, 0.1) is 23.7 Å². The van der Waals surface area contributed by atoms with E-state index in [0.29, 0.717) is 11.8 Å². The average Bonchev–Trinajstić information content (AvgIpc) is 2.34. The quantitative estimate of drug-likeness (QED) is 0.756. The lowest BCUT2D eigenvalue weighted by atomic mass is 9.61. The van der Waals surface area contributed by atoms with Crippen molar-refractivity contribution < 1.29 is 5.11 Å². The zero-order chi connectivity index (χ0) is 12.5. The molecule has 0 aromatic heterocycles. The van der Waals surface area contributed by atoms with Crippen molar-refractivity contribution in [2.45, 2.75) is 77.7 Å². The number of aliphatic hydroxyl groups is 1. The molecular formula is C16H30O. The highest BCUT2D eigenvalue weighted by Crippen LogP contribution is 2.47. The Morgan fingerprint density at radius 3 is 2.53 bits per heavy atom. The summed E-state index contributed by atoms with van der Waals surface area (Å²) in [5, 5.41) is 11.1. The van der Waals surface area contributed by atoms with Crippen LogP contribution in [0.5, 0.6) is 0 Å². The lowest BCUT2D eigenvalue weighted by molar-refractivity contribution is -0.113. The van der Waals surface area contributed by atoms with Crippen LogP contribution >= 0.6 is 0 Å². The van der Waals surface area contributed by atoms with E-state index < -0.39 is 0 Å². The first-order valence-corrected chi connectivity index (χ1v) is 7.78. The topological polar surface area (TPSA) is 20.2 Å². The Morgan fingerprint density at radius 1 is 1.12 bits per heavy atom. The van der Waals surface area contributed by atoms with Gasteiger partial charge in [-0.1, -0.05) is 40.0 Å². The van der Waals surface area contributed by atoms with E-state index in [1.807, 2.05) is 0 Å². The molecular weight excluding hydrogens is 208 g/mol. The fourth-order valence-corrected chi connectivity index (χ4v) is 4.37. The van der Waals surface area contributed by atoms with Gasteiger partial charge in [0.2, 0.25) is 0 Å². The molecule has 2 aliphatic carbocycles. The Labute approximate surface area is 107 Å². The van der Waals surface area contributed by atoms with Crippen LogP contribution in [0.4, 0.5) is 0 Å². The second-order valence-corrected chi connectivity index (χ2v) is 6.91. The summed E-state index contributed by atoms with van der Waals surface area (Å²) < 4.78 is 0. The van der Waals surface area contributed by atoms with Gasteiger partial charge in [0.1, 0.15) is 0 Å². The Balaban J connectivity index is 2.04. The Hall–Kier alpha value is -0.0400. The minimum Gasteiger partial charge on any atom is -0.389 e. The third-order valence-corrected chi connectivity index (χ3v) is 5.71. The van der Waals surface area contributed by atoms with Crippen molar-refractivity contribution in [1.82, 2.24) is 0 Å². The first-order valence-electron chi connectivity index (χ1n) is 7.78. The summed E-state index contributed by atoms with van der Waals surface area (Å²) in [5.74, 6) is 2.79. The minimum atomic E-state index is -0.333. The van der Waals surface area contributed by atoms with Crippen molar-refractivity contribution in [2.24, 2.45) is 23.7 Å². The average molecular weight is 238 g/mol. The highest BCUT2D eigenvalue weighted by molar-refractivity contribution is 4.96. The number of rotatable bonds is 2. The summed E-state index contributed by atoms with van der Waals surface area (Å²) in [4.78, 5) is 0. The predicted molar refractivity (Wildman–Crippen MR) is 72.9 cm³/mol. The standard InChI is InChI=1S/C16H30O/c1-4-14-6-5-7-15(11-14)16(17)9-8-12(2)10-13(16)3/h12-15,17H,4-11H2,1-3H3. The van der Waals surface area contributed by atoms with E-state index in [2.05, 4.69) is 20.8 Å². The maximum Gasteiger partial charge on any atom is 0.0701 e. The lowest BCUT2D eigenvalue weighted by Gasteiger charge is -2.48. The largest absolute Gasteiger partial charge is 0.389 e. The van der Waals surface area contributed by atoms with Crippen LogP contribution in [-0.2, 0) is 0 Å². The van der Waals surface area contributed by atoms with Crippen molar-refractivity contribution in [3.05, 3.63) is 0 Å². The van der Waals surface area contributed by atoms with Crippen LogP contribution < -0.4 is 0 Å². The van der Waals surface area contributed by atoms with Crippen LogP contribution in [0.1, 0.15) is 72.1 Å². The molecule has 1 nitrogen and oxygen atoms in total. The first-order chi connectivity index (χ1) is 8.06. The molecule has 0 aromatic rings. The summed E-state index contributed by atoms with van der Waals surface area (Å²) in [6.07, 6.45) is 10.1. The van der Waals surface area contributed by atoms with Crippen LogP contribution in [-0.4, -0.2) is 10.7 Å². The maximum absolute atomic E-state index is 11.1. The fraction of sp³-hybridized carbons (Fsp3) is 1.00. The normalized spacial score (nSPS) is 48.0. The molecule has 5 unspecified atom stereocenters. The summed E-state index contributed by atoms with van der Waals surface area (Å²) in [7, 11) is 0. The minimum absolute atomic E-state index is 0.333. The molecule has 0 aromatic carbocycles. The van der Waals surface area contributed by atoms with Gasteiger partial charge in [-0.2, -0.15) is 0 Å². The van der Waals surface area contributed by atoms with Gasteiger partial charge < -0.3 is 5.11 Å². The van der Waals surface area contributed by atoms with Crippen LogP contribution in [0.15, 0.2) is 0 Å². The highest BCUT2D eigenvalue weighted by atomic mass is 16.3. The number of hydrogen-bond acceptors (Lipinski definition) is 1. The molecule has 100 valence electrons. The second-order valence-electron chi connectivity index (χ2n) is 6.91. The van der Waals surface area contributed by atoms with Gasteiger partial charge in [-0.15, -0.1) is 0 Å². The van der Waals surface area contributed by atoms with Gasteiger partial charge in [0.25, 0.3) is 0 Å². The van der Waals surface area contributed by atoms with Crippen LogP contribution in [0.3, 0.4) is 0 Å². The molecule has 2 rings (SSSR count). The zero-order valence-corrected chi connectivity index (χ0v) is 11.9. The molecule has 17 heavy (non-hydrogen) atoms. The Kier molecular flexibility index (Phi) is 4.18. The van der Waals surface area contributed by atoms with E-state index in [1.165, 1.54) is 44.9 Å². The third kappa shape index (κ3) is 2.70. The van der Waals surface area contributed by atoms with E-state index in [-0.39, 0.29) is 5.60 Å². The summed E-state index contributed by atoms with van der Waals surface area (Å²) in [6, 6.07) is 0. The van der Waals surface area contributed by atoms with Crippen molar-refractivity contribution in [3.63, 3.8) is 0 Å². The van der Waals surface area contributed by atoms with Gasteiger partial charge >= 0.3 is 0 Å². The molecule has 1 heteroatoms. The highest BCUT2D eigenvalue weighted by Gasteiger charge is 2.45. The van der Waals surface area contributed by atoms with E-state index in [9.17, 15) is 5.11 Å². The van der Waals surface area contributed by atoms with Gasteiger partial charge in [-0.25, -0.2) is 0 Å². The third-order valence-electron chi connectivity index (χ3n) is 5.71. The monoisotopic (exact) mass is 238 g/mol. The van der Waals surface area contributed by atoms with Crippen molar-refractivity contribution in [2.75, 3.05) is 0 Å². The zero-order valence-electron chi connectivity index (χ0n) is 11.9. The smallest absolute Gasteiger partial charge is 0.0701 e. The van der Waals surface area contributed by atoms with Gasteiger partial charge in [-0.05, 0) is 55.8 Å². The number of hydrogen-bond donors (Lipinski definition) is 1. The molecule has 0 bridgehead atoms. The molecule has 1 N–H and O–H groups in total. The van der Waals surface area contributed by atoms with Crippen LogP contribution in [0.25, 0.3) is 0 Å². The summed E-state index contributed by atoms with van der Waals surface area (Å²) >= 11 is 0. The van der Waals surface area contributed by atoms with E-state index >= 15 is 0 Å². The van der Waals surface area contributed by atoms with E-state index in [4.69, 9.17) is 0 Å². The summed E-state index contributed by atoms with van der Waals surface area (Å²) in [6.45, 7) is 6.93. The molecule has 0 radical (unpaired) electrons. The Bertz CT molecular complexity index is 250. The van der Waals surface area contributed by atoms with E-state index in [0.717, 1.165) is 18.3 Å². The lowest BCUT2D eigenvalue weighted by Crippen LogP contribution is -2.49. The van der Waals surface area contributed by atoms with Crippen molar-refractivity contribution in [3.8, 4) is 0 Å². The van der Waals surface area contributed by atoms with Crippen LogP contribution in [0.2, 0.25) is 0 Å². The second kappa shape index (κ2) is 5.30. The maximum atomic E-state index is 11.1. The molecule has 2 aliphatic rings. The molecule has 0 aliphatic heterocycles. The Morgan fingerprint density at radius 2 is 1.88 bits per heavy atom. The molecule has 2 saturated carbocycles. The van der Waals surface area contributed by atoms with Gasteiger partial charge in [-0.3, -0.25) is 0 Å².